The maximum Gasteiger partial charge on any atom is 0.527 e. The monoisotopic (exact) mass is 362 g/mol. The van der Waals surface area contributed by atoms with Gasteiger partial charge in [0, 0.05) is 0 Å². The summed E-state index contributed by atoms with van der Waals surface area (Å²) >= 11 is 0. The van der Waals surface area contributed by atoms with Crippen LogP contribution in [0.5, 0.6) is 5.75 Å². The Morgan fingerprint density at radius 3 is 2.08 bits per heavy atom. The molecule has 0 aromatic heterocycles. The second kappa shape index (κ2) is 7.74. The van der Waals surface area contributed by atoms with Crippen LogP contribution in [0, 0.1) is 34.6 Å². The topological polar surface area (TPSA) is 55.8 Å². The molecule has 2 aromatic carbocycles. The van der Waals surface area contributed by atoms with E-state index in [9.17, 15) is 9.46 Å². The first-order valence-corrected chi connectivity index (χ1v) is 10.0. The second-order valence-corrected chi connectivity index (χ2v) is 7.98. The maximum atomic E-state index is 12.0. The molecule has 0 radical (unpaired) electrons. The summed E-state index contributed by atoms with van der Waals surface area (Å²) in [5.41, 5.74) is 7.78. The SMILES string of the molecule is CCCOP(=O)(O)Oc1cc(C)c(-c2c(C)cc(C)cc2C)cc1C. The Bertz CT molecular complexity index is 804. The molecule has 0 spiro atoms. The first kappa shape index (κ1) is 19.7. The van der Waals surface area contributed by atoms with Crippen LogP contribution in [0.2, 0.25) is 0 Å². The highest BCUT2D eigenvalue weighted by molar-refractivity contribution is 7.47. The molecule has 0 amide bonds. The van der Waals surface area contributed by atoms with E-state index in [1.807, 2.05) is 32.9 Å². The molecule has 0 heterocycles. The van der Waals surface area contributed by atoms with E-state index in [-0.39, 0.29) is 6.61 Å². The molecule has 2 aromatic rings. The Labute approximate surface area is 150 Å². The molecule has 5 heteroatoms. The third kappa shape index (κ3) is 4.72. The minimum absolute atomic E-state index is 0.186. The predicted octanol–water partition coefficient (Wildman–Crippen LogP) is 5.80. The molecule has 1 unspecified atom stereocenters. The average molecular weight is 362 g/mol. The number of hydrogen-bond acceptors (Lipinski definition) is 3. The molecule has 25 heavy (non-hydrogen) atoms. The third-order valence-electron chi connectivity index (χ3n) is 4.14. The van der Waals surface area contributed by atoms with Gasteiger partial charge in [-0.25, -0.2) is 4.57 Å². The largest absolute Gasteiger partial charge is 0.527 e. The van der Waals surface area contributed by atoms with E-state index in [2.05, 4.69) is 32.9 Å². The lowest BCUT2D eigenvalue weighted by molar-refractivity contribution is 0.203. The Balaban J connectivity index is 2.43. The van der Waals surface area contributed by atoms with Crippen LogP contribution in [0.1, 0.15) is 41.2 Å². The van der Waals surface area contributed by atoms with Gasteiger partial charge in [-0.15, -0.1) is 0 Å². The van der Waals surface area contributed by atoms with E-state index < -0.39 is 7.82 Å². The number of benzene rings is 2. The number of hydrogen-bond donors (Lipinski definition) is 1. The van der Waals surface area contributed by atoms with Crippen molar-refractivity contribution in [3.05, 3.63) is 52.1 Å². The molecule has 4 nitrogen and oxygen atoms in total. The van der Waals surface area contributed by atoms with Crippen LogP contribution in [0.3, 0.4) is 0 Å². The Hall–Kier alpha value is -1.61. The number of aryl methyl sites for hydroxylation is 5. The van der Waals surface area contributed by atoms with Crippen molar-refractivity contribution in [2.75, 3.05) is 6.61 Å². The third-order valence-corrected chi connectivity index (χ3v) is 5.08. The van der Waals surface area contributed by atoms with Gasteiger partial charge in [0.2, 0.25) is 0 Å². The number of rotatable bonds is 6. The standard InChI is InChI=1S/C20H27O4P/c1-7-8-23-25(21,22)24-19-12-14(3)18(11-15(19)4)20-16(5)9-13(2)10-17(20)6/h9-12H,7-8H2,1-6H3,(H,21,22). The minimum atomic E-state index is -4.09. The lowest BCUT2D eigenvalue weighted by Gasteiger charge is -2.18. The van der Waals surface area contributed by atoms with Crippen molar-refractivity contribution in [2.45, 2.75) is 48.0 Å². The molecule has 0 saturated carbocycles. The molecule has 0 aliphatic rings. The maximum absolute atomic E-state index is 12.0. The fraction of sp³-hybridized carbons (Fsp3) is 0.400. The van der Waals surface area contributed by atoms with Gasteiger partial charge in [-0.05, 0) is 86.6 Å². The summed E-state index contributed by atoms with van der Waals surface area (Å²) in [6.45, 7) is 12.2. The summed E-state index contributed by atoms with van der Waals surface area (Å²) in [4.78, 5) is 9.83. The van der Waals surface area contributed by atoms with Crippen molar-refractivity contribution >= 4 is 7.82 Å². The smallest absolute Gasteiger partial charge is 0.404 e. The zero-order valence-electron chi connectivity index (χ0n) is 15.8. The summed E-state index contributed by atoms with van der Waals surface area (Å²) in [6.07, 6.45) is 0.650. The lowest BCUT2D eigenvalue weighted by atomic mass is 9.90. The van der Waals surface area contributed by atoms with Crippen molar-refractivity contribution in [3.8, 4) is 16.9 Å². The van der Waals surface area contributed by atoms with Crippen LogP contribution in [-0.4, -0.2) is 11.5 Å². The second-order valence-electron chi connectivity index (χ2n) is 6.60. The fourth-order valence-corrected chi connectivity index (χ4v) is 4.03. The molecule has 136 valence electrons. The van der Waals surface area contributed by atoms with Gasteiger partial charge in [0.25, 0.3) is 0 Å². The van der Waals surface area contributed by atoms with E-state index in [1.54, 1.807) is 0 Å². The van der Waals surface area contributed by atoms with E-state index in [0.717, 1.165) is 16.7 Å². The molecule has 1 N–H and O–H groups in total. The van der Waals surface area contributed by atoms with Crippen molar-refractivity contribution < 1.29 is 18.5 Å². The van der Waals surface area contributed by atoms with E-state index in [0.29, 0.717) is 12.2 Å². The summed E-state index contributed by atoms with van der Waals surface area (Å²) in [6, 6.07) is 8.15. The highest BCUT2D eigenvalue weighted by atomic mass is 31.2. The van der Waals surface area contributed by atoms with Gasteiger partial charge < -0.3 is 4.52 Å². The van der Waals surface area contributed by atoms with Gasteiger partial charge in [0.05, 0.1) is 6.61 Å². The summed E-state index contributed by atoms with van der Waals surface area (Å²) in [7, 11) is -4.09. The molecule has 2 rings (SSSR count). The highest BCUT2D eigenvalue weighted by Gasteiger charge is 2.24. The van der Waals surface area contributed by atoms with Gasteiger partial charge in [-0.1, -0.05) is 24.6 Å². The molecular formula is C20H27O4P. The number of phosphoric acid groups is 1. The lowest BCUT2D eigenvalue weighted by Crippen LogP contribution is -2.01. The van der Waals surface area contributed by atoms with Gasteiger partial charge in [-0.3, -0.25) is 9.42 Å². The zero-order valence-corrected chi connectivity index (χ0v) is 16.7. The van der Waals surface area contributed by atoms with Gasteiger partial charge in [-0.2, -0.15) is 0 Å². The van der Waals surface area contributed by atoms with Crippen LogP contribution >= 0.6 is 7.82 Å². The van der Waals surface area contributed by atoms with E-state index in [4.69, 9.17) is 9.05 Å². The molecule has 0 saturated heterocycles. The van der Waals surface area contributed by atoms with Crippen molar-refractivity contribution in [2.24, 2.45) is 0 Å². The first-order valence-electron chi connectivity index (χ1n) is 8.51. The van der Waals surface area contributed by atoms with Crippen molar-refractivity contribution in [1.29, 1.82) is 0 Å². The van der Waals surface area contributed by atoms with Crippen LogP contribution in [0.25, 0.3) is 11.1 Å². The molecular weight excluding hydrogens is 335 g/mol. The van der Waals surface area contributed by atoms with Crippen LogP contribution in [-0.2, 0) is 9.09 Å². The predicted molar refractivity (Wildman–Crippen MR) is 102 cm³/mol. The normalized spacial score (nSPS) is 13.6. The Kier molecular flexibility index (Phi) is 6.10. The van der Waals surface area contributed by atoms with Gasteiger partial charge >= 0.3 is 7.82 Å². The quantitative estimate of drug-likeness (QED) is 0.660. The average Bonchev–Trinajstić information content (AvgIpc) is 2.48. The summed E-state index contributed by atoms with van der Waals surface area (Å²) in [5.74, 6) is 0.380. The Morgan fingerprint density at radius 2 is 1.52 bits per heavy atom. The Morgan fingerprint density at radius 1 is 0.920 bits per heavy atom. The van der Waals surface area contributed by atoms with Gasteiger partial charge in [0.15, 0.2) is 0 Å². The molecule has 0 aliphatic carbocycles. The van der Waals surface area contributed by atoms with E-state index >= 15 is 0 Å². The molecule has 0 fully saturated rings. The number of phosphoric ester groups is 1. The zero-order chi connectivity index (χ0) is 18.8. The molecule has 0 bridgehead atoms. The molecule has 0 aliphatic heterocycles. The highest BCUT2D eigenvalue weighted by Crippen LogP contribution is 2.46. The summed E-state index contributed by atoms with van der Waals surface area (Å²) < 4.78 is 22.2. The van der Waals surface area contributed by atoms with E-state index in [1.165, 1.54) is 22.3 Å². The molecule has 1 atom stereocenters. The van der Waals surface area contributed by atoms with Crippen molar-refractivity contribution in [1.82, 2.24) is 0 Å². The van der Waals surface area contributed by atoms with Crippen LogP contribution < -0.4 is 4.52 Å². The first-order chi connectivity index (χ1) is 11.6. The van der Waals surface area contributed by atoms with Gasteiger partial charge in [0.1, 0.15) is 5.75 Å². The minimum Gasteiger partial charge on any atom is -0.404 e. The van der Waals surface area contributed by atoms with Crippen LogP contribution in [0.4, 0.5) is 0 Å². The van der Waals surface area contributed by atoms with Crippen LogP contribution in [0.15, 0.2) is 24.3 Å². The van der Waals surface area contributed by atoms with Crippen molar-refractivity contribution in [3.63, 3.8) is 0 Å². The summed E-state index contributed by atoms with van der Waals surface area (Å²) in [5, 5.41) is 0. The fourth-order valence-electron chi connectivity index (χ4n) is 3.12.